The van der Waals surface area contributed by atoms with Gasteiger partial charge in [0.15, 0.2) is 5.65 Å². The number of nitrogen functional groups attached to an aromatic ring is 1. The highest BCUT2D eigenvalue weighted by Crippen LogP contribution is 2.66. The fraction of sp³-hybridized carbons (Fsp3) is 0.647. The highest BCUT2D eigenvalue weighted by Gasteiger charge is 2.44. The van der Waals surface area contributed by atoms with Gasteiger partial charge in [0, 0.05) is 56.0 Å². The van der Waals surface area contributed by atoms with Gasteiger partial charge in [0.05, 0.1) is 42.3 Å². The Morgan fingerprint density at radius 3 is 2.31 bits per heavy atom. The van der Waals surface area contributed by atoms with Gasteiger partial charge in [0.1, 0.15) is 12.3 Å². The molecule has 5 heterocycles. The molecule has 30 heteroatoms. The summed E-state index contributed by atoms with van der Waals surface area (Å²) in [4.78, 5) is 104. The Bertz CT molecular complexity index is 2280. The first kappa shape index (κ1) is 51.1. The maximum atomic E-state index is 12.9. The molecule has 3 fully saturated rings. The van der Waals surface area contributed by atoms with Crippen LogP contribution in [0.4, 0.5) is 10.7 Å². The summed E-state index contributed by atoms with van der Waals surface area (Å²) in [5.74, 6) is 5.69. The van der Waals surface area contributed by atoms with Crippen LogP contribution in [0.2, 0.25) is 0 Å². The fourth-order valence-corrected chi connectivity index (χ4v) is 11.7. The summed E-state index contributed by atoms with van der Waals surface area (Å²) in [6, 6.07) is 0.260. The van der Waals surface area contributed by atoms with E-state index in [0.717, 1.165) is 37.9 Å². The number of phosphoric ester groups is 1. The van der Waals surface area contributed by atoms with Gasteiger partial charge in [0.25, 0.3) is 5.56 Å². The van der Waals surface area contributed by atoms with Crippen LogP contribution in [0, 0.1) is 11.8 Å². The number of anilines is 1. The number of phosphoric acid groups is 3. The third-order valence-electron chi connectivity index (χ3n) is 10.0. The molecule has 3 saturated heterocycles. The fourth-order valence-electron chi connectivity index (χ4n) is 7.11. The van der Waals surface area contributed by atoms with Crippen LogP contribution in [0.3, 0.4) is 0 Å². The first-order valence-corrected chi connectivity index (χ1v) is 25.8. The van der Waals surface area contributed by atoms with Gasteiger partial charge in [-0.05, 0) is 32.1 Å². The number of unbranched alkanes of at least 4 members (excludes halogenated alkanes) is 3. The van der Waals surface area contributed by atoms with Gasteiger partial charge < -0.3 is 66.3 Å². The molecule has 2 aromatic rings. The number of carbonyl (C=O) groups is 4. The van der Waals surface area contributed by atoms with Gasteiger partial charge in [-0.25, -0.2) is 18.5 Å². The van der Waals surface area contributed by atoms with Gasteiger partial charge >= 0.3 is 29.5 Å². The molecule has 0 radical (unpaired) electrons. The monoisotopic (exact) mass is 983 g/mol. The number of rotatable bonds is 24. The number of fused-ring (bicyclic) bond motifs is 2. The number of hydrogen-bond acceptors (Lipinski definition) is 16. The normalized spacial score (nSPS) is 23.5. The molecule has 8 unspecified atom stereocenters. The number of nitrogens with two attached hydrogens (primary N) is 1. The molecule has 0 aliphatic carbocycles. The summed E-state index contributed by atoms with van der Waals surface area (Å²) in [5, 5.41) is 25.2. The van der Waals surface area contributed by atoms with Crippen molar-refractivity contribution >= 4 is 76.0 Å². The van der Waals surface area contributed by atoms with Crippen molar-refractivity contribution in [3.63, 3.8) is 0 Å². The zero-order valence-corrected chi connectivity index (χ0v) is 37.7. The SMILES string of the molecule is Nc1nc2c(c(C#CCNC(=O)CCCNC(=O)CCCCCNC(=O)CCCCC3SCC4NC(=O)NC43)cn2C2CC(O)C(COP(=O)(O)OP(=O)(O)OP(=O)(O)O)O2)c(=O)[nH]1. The summed E-state index contributed by atoms with van der Waals surface area (Å²) >= 11 is 1.86. The number of aliphatic hydroxyl groups is 1. The van der Waals surface area contributed by atoms with Crippen LogP contribution < -0.4 is 37.9 Å². The maximum absolute atomic E-state index is 12.9. The lowest BCUT2D eigenvalue weighted by Crippen LogP contribution is -2.36. The average Bonchev–Trinajstić information content (AvgIpc) is 3.95. The number of H-pyrrole nitrogens is 1. The van der Waals surface area contributed by atoms with Crippen LogP contribution in [0.5, 0.6) is 0 Å². The summed E-state index contributed by atoms with van der Waals surface area (Å²) < 4.78 is 53.6. The Hall–Kier alpha value is -3.86. The van der Waals surface area contributed by atoms with E-state index < -0.39 is 54.1 Å². The number of thioether (sulfide) groups is 1. The molecular formula is C34H52N9O17P3S. The third kappa shape index (κ3) is 15.9. The molecule has 8 atom stereocenters. The van der Waals surface area contributed by atoms with Crippen molar-refractivity contribution in [3.8, 4) is 11.8 Å². The number of nitrogens with one attached hydrogen (secondary N) is 6. The number of hydrogen-bond donors (Lipinski definition) is 12. The molecule has 0 bridgehead atoms. The molecule has 5 amide bonds. The van der Waals surface area contributed by atoms with Crippen LogP contribution in [0.25, 0.3) is 11.0 Å². The predicted molar refractivity (Wildman–Crippen MR) is 227 cm³/mol. The largest absolute Gasteiger partial charge is 0.490 e. The van der Waals surface area contributed by atoms with Crippen molar-refractivity contribution in [1.29, 1.82) is 0 Å². The summed E-state index contributed by atoms with van der Waals surface area (Å²) in [6.45, 7) is -0.210. The van der Waals surface area contributed by atoms with Crippen molar-refractivity contribution in [2.24, 2.45) is 0 Å². The van der Waals surface area contributed by atoms with E-state index in [1.54, 1.807) is 0 Å². The molecule has 356 valence electrons. The lowest BCUT2D eigenvalue weighted by Gasteiger charge is -2.19. The molecule has 0 aromatic carbocycles. The highest BCUT2D eigenvalue weighted by molar-refractivity contribution is 8.00. The van der Waals surface area contributed by atoms with E-state index in [1.807, 2.05) is 11.8 Å². The molecule has 5 rings (SSSR count). The van der Waals surface area contributed by atoms with Crippen molar-refractivity contribution in [2.75, 3.05) is 37.7 Å². The second-order valence-corrected chi connectivity index (χ2v) is 20.7. The number of urea groups is 1. The minimum atomic E-state index is -5.77. The lowest BCUT2D eigenvalue weighted by molar-refractivity contribution is -0.122. The number of aromatic amines is 1. The molecular weight excluding hydrogens is 931 g/mol. The number of ether oxygens (including phenoxy) is 1. The van der Waals surface area contributed by atoms with Gasteiger partial charge in [-0.1, -0.05) is 24.7 Å². The Kier molecular flexibility index (Phi) is 18.4. The van der Waals surface area contributed by atoms with E-state index in [9.17, 15) is 52.6 Å². The summed E-state index contributed by atoms with van der Waals surface area (Å²) in [5.41, 5.74) is 5.21. The molecule has 2 aromatic heterocycles. The maximum Gasteiger partial charge on any atom is 0.490 e. The Labute approximate surface area is 369 Å². The van der Waals surface area contributed by atoms with Crippen molar-refractivity contribution < 1.29 is 75.4 Å². The van der Waals surface area contributed by atoms with E-state index in [0.29, 0.717) is 37.5 Å². The Morgan fingerprint density at radius 1 is 0.922 bits per heavy atom. The van der Waals surface area contributed by atoms with Crippen LogP contribution in [0.1, 0.15) is 82.4 Å². The van der Waals surface area contributed by atoms with E-state index in [-0.39, 0.29) is 84.3 Å². The van der Waals surface area contributed by atoms with Gasteiger partial charge in [-0.15, -0.1) is 0 Å². The minimum absolute atomic E-state index is 0.00548. The summed E-state index contributed by atoms with van der Waals surface area (Å²) in [6.07, 6.45) is 3.40. The van der Waals surface area contributed by atoms with Gasteiger partial charge in [-0.2, -0.15) is 25.4 Å². The molecule has 0 spiro atoms. The second kappa shape index (κ2) is 23.0. The summed E-state index contributed by atoms with van der Waals surface area (Å²) in [7, 11) is -16.9. The average molecular weight is 984 g/mol. The zero-order chi connectivity index (χ0) is 46.7. The van der Waals surface area contributed by atoms with Gasteiger partial charge in [0.2, 0.25) is 23.7 Å². The second-order valence-electron chi connectivity index (χ2n) is 15.0. The predicted octanol–water partition coefficient (Wildman–Crippen LogP) is 0.0650. The quantitative estimate of drug-likeness (QED) is 0.0286. The first-order chi connectivity index (χ1) is 30.2. The molecule has 0 saturated carbocycles. The van der Waals surface area contributed by atoms with E-state index >= 15 is 0 Å². The highest BCUT2D eigenvalue weighted by atomic mass is 32.2. The number of amides is 5. The smallest absolute Gasteiger partial charge is 0.390 e. The van der Waals surface area contributed by atoms with Crippen LogP contribution in [-0.4, -0.2) is 125 Å². The van der Waals surface area contributed by atoms with E-state index in [2.05, 4.69) is 61.5 Å². The minimum Gasteiger partial charge on any atom is -0.390 e. The molecule has 64 heavy (non-hydrogen) atoms. The van der Waals surface area contributed by atoms with Crippen LogP contribution >= 0.6 is 35.2 Å². The van der Waals surface area contributed by atoms with Crippen LogP contribution in [-0.2, 0) is 46.0 Å². The van der Waals surface area contributed by atoms with Crippen molar-refractivity contribution in [3.05, 3.63) is 22.1 Å². The molecule has 3 aliphatic heterocycles. The molecule has 3 aliphatic rings. The Balaban J connectivity index is 0.954. The van der Waals surface area contributed by atoms with E-state index in [4.69, 9.17) is 20.3 Å². The number of aromatic nitrogens is 3. The number of carbonyl (C=O) groups excluding carboxylic acids is 4. The first-order valence-electron chi connectivity index (χ1n) is 20.2. The van der Waals surface area contributed by atoms with E-state index in [1.165, 1.54) is 10.8 Å². The Morgan fingerprint density at radius 2 is 1.59 bits per heavy atom. The number of aliphatic hydroxyl groups excluding tert-OH is 1. The molecule has 13 N–H and O–H groups in total. The number of nitrogens with zero attached hydrogens (tertiary/aromatic N) is 2. The standard InChI is InChI=1S/C34H52N9O17P3S/c35-33-41-31-29(32(48)42-33)20(17-43(31)28-16-22(44)23(58-28)18-57-62(53,54)60-63(55,56)59-61(50,51)52)8-6-14-37-27(47)12-7-15-38-25(45)10-2-1-5-13-36-26(46)11-4-3-9-24-30-21(19-64-24)39-34(49)40-30/h17,21-24,28,30,44H,1-5,7,9-16,18-19H2,(H,36,46)(H,37,47)(H,38,45)(H,53,54)(H,55,56)(H2,39,40,49)(H2,50,51,52)(H3,35,41,42,48). The molecule has 26 nitrogen and oxygen atoms in total. The lowest BCUT2D eigenvalue weighted by atomic mass is 10.0. The van der Waals surface area contributed by atoms with Crippen molar-refractivity contribution in [2.45, 2.75) is 106 Å². The van der Waals surface area contributed by atoms with Crippen LogP contribution in [0.15, 0.2) is 11.0 Å². The van der Waals surface area contributed by atoms with Crippen molar-refractivity contribution in [1.82, 2.24) is 41.1 Å². The third-order valence-corrected chi connectivity index (χ3v) is 15.3. The zero-order valence-electron chi connectivity index (χ0n) is 34.2. The van der Waals surface area contributed by atoms with Gasteiger partial charge in [-0.3, -0.25) is 28.7 Å². The topological polar surface area (TPSA) is 394 Å².